The zero-order valence-electron chi connectivity index (χ0n) is 15.8. The van der Waals surface area contributed by atoms with Gasteiger partial charge in [0.15, 0.2) is 0 Å². The molecule has 0 bridgehead atoms. The maximum Gasteiger partial charge on any atom is 0.254 e. The number of nitrogens with zero attached hydrogens (tertiary/aromatic N) is 2. The van der Waals surface area contributed by atoms with Crippen molar-refractivity contribution in [2.75, 3.05) is 11.9 Å². The molecule has 3 aliphatic carbocycles. The van der Waals surface area contributed by atoms with Crippen molar-refractivity contribution in [2.24, 2.45) is 17.8 Å². The molecule has 28 heavy (non-hydrogen) atoms. The average molecular weight is 400 g/mol. The van der Waals surface area contributed by atoms with Gasteiger partial charge in [-0.1, -0.05) is 0 Å². The van der Waals surface area contributed by atoms with E-state index in [1.54, 1.807) is 11.3 Å². The highest BCUT2D eigenvalue weighted by molar-refractivity contribution is 7.17. The minimum Gasteiger partial charge on any atom is -0.352 e. The first-order chi connectivity index (χ1) is 13.7. The molecule has 7 nitrogen and oxygen atoms in total. The van der Waals surface area contributed by atoms with E-state index in [2.05, 4.69) is 25.8 Å². The molecule has 8 heteroatoms. The standard InChI is InChI=1S/C20H25N5O2S/c26-18(13-4-5-13)24-20-17(19(27)21-9-11-1-2-11)14-7-12(3-6-15(14)28-20)8-16-22-10-23-25-16/h10-13H,1-9H2,(H,21,27)(H,24,26)(H,22,23,25). The molecule has 0 aromatic carbocycles. The Labute approximate surface area is 167 Å². The maximum atomic E-state index is 13.0. The number of fused-ring (bicyclic) bond motifs is 1. The number of H-pyrrole nitrogens is 1. The number of nitrogens with one attached hydrogen (secondary N) is 3. The van der Waals surface area contributed by atoms with Crippen LogP contribution in [0, 0.1) is 17.8 Å². The number of aromatic nitrogens is 3. The lowest BCUT2D eigenvalue weighted by molar-refractivity contribution is -0.117. The van der Waals surface area contributed by atoms with Crippen LogP contribution in [0.15, 0.2) is 6.33 Å². The number of hydrogen-bond donors (Lipinski definition) is 3. The largest absolute Gasteiger partial charge is 0.352 e. The van der Waals surface area contributed by atoms with Crippen LogP contribution in [-0.4, -0.2) is 33.5 Å². The van der Waals surface area contributed by atoms with E-state index < -0.39 is 0 Å². The molecule has 0 aliphatic heterocycles. The smallest absolute Gasteiger partial charge is 0.254 e. The topological polar surface area (TPSA) is 99.8 Å². The van der Waals surface area contributed by atoms with Crippen LogP contribution in [0.25, 0.3) is 0 Å². The highest BCUT2D eigenvalue weighted by atomic mass is 32.1. The summed E-state index contributed by atoms with van der Waals surface area (Å²) in [5.41, 5.74) is 1.83. The third-order valence-electron chi connectivity index (χ3n) is 5.97. The zero-order valence-corrected chi connectivity index (χ0v) is 16.6. The fourth-order valence-corrected chi connectivity index (χ4v) is 5.21. The van der Waals surface area contributed by atoms with Gasteiger partial charge < -0.3 is 10.6 Å². The Hall–Kier alpha value is -2.22. The van der Waals surface area contributed by atoms with Crippen molar-refractivity contribution in [2.45, 2.75) is 51.4 Å². The van der Waals surface area contributed by atoms with E-state index in [4.69, 9.17) is 0 Å². The van der Waals surface area contributed by atoms with E-state index in [1.807, 2.05) is 0 Å². The molecular formula is C20H25N5O2S. The van der Waals surface area contributed by atoms with Crippen molar-refractivity contribution in [3.63, 3.8) is 0 Å². The summed E-state index contributed by atoms with van der Waals surface area (Å²) in [6.07, 6.45) is 9.54. The number of carbonyl (C=O) groups excluding carboxylic acids is 2. The van der Waals surface area contributed by atoms with Crippen LogP contribution in [0.2, 0.25) is 0 Å². The summed E-state index contributed by atoms with van der Waals surface area (Å²) in [7, 11) is 0. The maximum absolute atomic E-state index is 13.0. The van der Waals surface area contributed by atoms with Crippen molar-refractivity contribution in [1.29, 1.82) is 0 Å². The van der Waals surface area contributed by atoms with Crippen LogP contribution >= 0.6 is 11.3 Å². The molecule has 0 saturated heterocycles. The normalized spacial score (nSPS) is 21.2. The van der Waals surface area contributed by atoms with Gasteiger partial charge >= 0.3 is 0 Å². The molecule has 0 spiro atoms. The number of anilines is 1. The van der Waals surface area contributed by atoms with Crippen molar-refractivity contribution in [3.05, 3.63) is 28.2 Å². The van der Waals surface area contributed by atoms with Gasteiger partial charge in [0.05, 0.1) is 5.56 Å². The van der Waals surface area contributed by atoms with E-state index in [9.17, 15) is 9.59 Å². The van der Waals surface area contributed by atoms with Crippen molar-refractivity contribution in [3.8, 4) is 0 Å². The van der Waals surface area contributed by atoms with E-state index >= 15 is 0 Å². The van der Waals surface area contributed by atoms with Gasteiger partial charge in [0, 0.05) is 23.8 Å². The highest BCUT2D eigenvalue weighted by Crippen LogP contribution is 2.41. The summed E-state index contributed by atoms with van der Waals surface area (Å²) < 4.78 is 0. The monoisotopic (exact) mass is 399 g/mol. The highest BCUT2D eigenvalue weighted by Gasteiger charge is 2.34. The Kier molecular flexibility index (Phi) is 4.66. The lowest BCUT2D eigenvalue weighted by Gasteiger charge is -2.22. The van der Waals surface area contributed by atoms with Gasteiger partial charge in [0.1, 0.15) is 17.2 Å². The number of aryl methyl sites for hydroxylation is 1. The molecule has 2 aromatic heterocycles. The van der Waals surface area contributed by atoms with Crippen LogP contribution in [0.1, 0.15) is 58.7 Å². The molecule has 2 fully saturated rings. The van der Waals surface area contributed by atoms with E-state index in [0.717, 1.165) is 61.5 Å². The van der Waals surface area contributed by atoms with E-state index in [0.29, 0.717) is 17.4 Å². The molecule has 5 rings (SSSR count). The van der Waals surface area contributed by atoms with E-state index in [-0.39, 0.29) is 17.7 Å². The van der Waals surface area contributed by atoms with Crippen LogP contribution in [0.3, 0.4) is 0 Å². The summed E-state index contributed by atoms with van der Waals surface area (Å²) in [4.78, 5) is 30.9. The fourth-order valence-electron chi connectivity index (χ4n) is 3.97. The number of rotatable bonds is 7. The number of thiophene rings is 1. The molecule has 0 radical (unpaired) electrons. The fraction of sp³-hybridized carbons (Fsp3) is 0.600. The average Bonchev–Trinajstić information content (AvgIpc) is 3.61. The molecule has 148 valence electrons. The summed E-state index contributed by atoms with van der Waals surface area (Å²) in [6, 6.07) is 0. The minimum atomic E-state index is -0.0317. The summed E-state index contributed by atoms with van der Waals surface area (Å²) in [5.74, 6) is 2.11. The van der Waals surface area contributed by atoms with Crippen LogP contribution < -0.4 is 10.6 Å². The first-order valence-corrected chi connectivity index (χ1v) is 11.1. The molecule has 2 heterocycles. The molecule has 3 N–H and O–H groups in total. The Morgan fingerprint density at radius 1 is 1.18 bits per heavy atom. The number of amides is 2. The van der Waals surface area contributed by atoms with Gasteiger partial charge in [0.2, 0.25) is 5.91 Å². The minimum absolute atomic E-state index is 0.0317. The van der Waals surface area contributed by atoms with Gasteiger partial charge in [-0.3, -0.25) is 14.7 Å². The van der Waals surface area contributed by atoms with Crippen LogP contribution in [-0.2, 0) is 24.1 Å². The Balaban J connectivity index is 1.39. The number of aromatic amines is 1. The number of carbonyl (C=O) groups is 2. The summed E-state index contributed by atoms with van der Waals surface area (Å²) >= 11 is 1.60. The predicted octanol–water partition coefficient (Wildman–Crippen LogP) is 2.70. The second-order valence-corrected chi connectivity index (χ2v) is 9.48. The van der Waals surface area contributed by atoms with Crippen molar-refractivity contribution >= 4 is 28.2 Å². The Bertz CT molecular complexity index is 883. The summed E-state index contributed by atoms with van der Waals surface area (Å²) in [5, 5.41) is 13.8. The van der Waals surface area contributed by atoms with Crippen LogP contribution in [0.4, 0.5) is 5.00 Å². The lowest BCUT2D eigenvalue weighted by Crippen LogP contribution is -2.28. The van der Waals surface area contributed by atoms with Gasteiger partial charge in [-0.05, 0) is 62.3 Å². The second kappa shape index (κ2) is 7.31. The van der Waals surface area contributed by atoms with Crippen molar-refractivity contribution < 1.29 is 9.59 Å². The van der Waals surface area contributed by atoms with Gasteiger partial charge in [0.25, 0.3) is 5.91 Å². The van der Waals surface area contributed by atoms with Crippen LogP contribution in [0.5, 0.6) is 0 Å². The molecule has 3 aliphatic rings. The molecule has 2 aromatic rings. The third kappa shape index (κ3) is 3.83. The lowest BCUT2D eigenvalue weighted by atomic mass is 9.84. The van der Waals surface area contributed by atoms with Gasteiger partial charge in [-0.2, -0.15) is 5.10 Å². The van der Waals surface area contributed by atoms with Crippen molar-refractivity contribution in [1.82, 2.24) is 20.5 Å². The number of hydrogen-bond acceptors (Lipinski definition) is 5. The van der Waals surface area contributed by atoms with Gasteiger partial charge in [-0.15, -0.1) is 11.3 Å². The Morgan fingerprint density at radius 3 is 2.75 bits per heavy atom. The summed E-state index contributed by atoms with van der Waals surface area (Å²) in [6.45, 7) is 0.737. The van der Waals surface area contributed by atoms with E-state index in [1.165, 1.54) is 24.0 Å². The SMILES string of the molecule is O=C(NCC1CC1)c1c(NC(=O)C2CC2)sc2c1CC(Cc1ncn[nH]1)CC2. The quantitative estimate of drug-likeness (QED) is 0.666. The molecule has 1 unspecified atom stereocenters. The first-order valence-electron chi connectivity index (χ1n) is 10.2. The predicted molar refractivity (Wildman–Crippen MR) is 106 cm³/mol. The second-order valence-electron chi connectivity index (χ2n) is 8.37. The van der Waals surface area contributed by atoms with Gasteiger partial charge in [-0.25, -0.2) is 4.98 Å². The Morgan fingerprint density at radius 2 is 2.04 bits per heavy atom. The zero-order chi connectivity index (χ0) is 19.1. The molecule has 2 amide bonds. The first kappa shape index (κ1) is 17.8. The molecule has 2 saturated carbocycles. The molecule has 1 atom stereocenters. The molecular weight excluding hydrogens is 374 g/mol. The third-order valence-corrected chi connectivity index (χ3v) is 7.18.